The second-order valence-electron chi connectivity index (χ2n) is 4.97. The molecule has 0 amide bonds. The van der Waals surface area contributed by atoms with E-state index in [-0.39, 0.29) is 6.61 Å². The maximum absolute atomic E-state index is 9.27. The number of hydrogen-bond donors (Lipinski definition) is 2. The van der Waals surface area contributed by atoms with Crippen molar-refractivity contribution in [1.29, 1.82) is 0 Å². The fraction of sp³-hybridized carbons (Fsp3) is 0.375. The van der Waals surface area contributed by atoms with E-state index >= 15 is 0 Å². The van der Waals surface area contributed by atoms with Crippen molar-refractivity contribution in [1.82, 2.24) is 4.98 Å². The first-order valence-electron chi connectivity index (χ1n) is 7.22. The first-order chi connectivity index (χ1) is 10.2. The average Bonchev–Trinajstić information content (AvgIpc) is 2.50. The number of fused-ring (bicyclic) bond motifs is 1. The van der Waals surface area contributed by atoms with Gasteiger partial charge in [0.1, 0.15) is 10.8 Å². The highest BCUT2D eigenvalue weighted by molar-refractivity contribution is 7.80. The summed E-state index contributed by atoms with van der Waals surface area (Å²) in [5, 5.41) is 10.2. The first kappa shape index (κ1) is 15.7. The standard InChI is InChI=1S/C16H21N3OS/c1-2-3-8-19(9-10-20)15-11-13(16(17)21)12-6-4-5-7-14(12)18-15/h4-7,11,20H,2-3,8-10H2,1H3,(H2,17,21). The van der Waals surface area contributed by atoms with Crippen LogP contribution in [0.3, 0.4) is 0 Å². The van der Waals surface area contributed by atoms with Crippen LogP contribution in [0.1, 0.15) is 25.3 Å². The van der Waals surface area contributed by atoms with E-state index in [1.165, 1.54) is 0 Å². The Kier molecular flexibility index (Phi) is 5.47. The number of benzene rings is 1. The van der Waals surface area contributed by atoms with E-state index in [4.69, 9.17) is 18.0 Å². The average molecular weight is 303 g/mol. The molecular weight excluding hydrogens is 282 g/mol. The third kappa shape index (κ3) is 3.68. The second-order valence-corrected chi connectivity index (χ2v) is 5.41. The fourth-order valence-corrected chi connectivity index (χ4v) is 2.51. The lowest BCUT2D eigenvalue weighted by Gasteiger charge is -2.23. The number of nitrogens with zero attached hydrogens (tertiary/aromatic N) is 2. The van der Waals surface area contributed by atoms with E-state index in [1.807, 2.05) is 30.3 Å². The van der Waals surface area contributed by atoms with Crippen molar-refractivity contribution in [2.75, 3.05) is 24.6 Å². The second kappa shape index (κ2) is 7.33. The van der Waals surface area contributed by atoms with Crippen LogP contribution >= 0.6 is 12.2 Å². The number of hydrogen-bond acceptors (Lipinski definition) is 4. The van der Waals surface area contributed by atoms with E-state index < -0.39 is 0 Å². The number of aliphatic hydroxyl groups excluding tert-OH is 1. The lowest BCUT2D eigenvalue weighted by molar-refractivity contribution is 0.301. The van der Waals surface area contributed by atoms with Gasteiger partial charge in [-0.15, -0.1) is 0 Å². The Labute approximate surface area is 130 Å². The molecule has 2 rings (SSSR count). The van der Waals surface area contributed by atoms with Gasteiger partial charge < -0.3 is 15.7 Å². The minimum absolute atomic E-state index is 0.0978. The summed E-state index contributed by atoms with van der Waals surface area (Å²) in [6.45, 7) is 3.66. The molecule has 4 nitrogen and oxygen atoms in total. The molecule has 1 heterocycles. The summed E-state index contributed by atoms with van der Waals surface area (Å²) in [7, 11) is 0. The molecule has 0 bridgehead atoms. The maximum Gasteiger partial charge on any atom is 0.130 e. The molecule has 0 radical (unpaired) electrons. The van der Waals surface area contributed by atoms with Crippen LogP contribution in [0.4, 0.5) is 5.82 Å². The highest BCUT2D eigenvalue weighted by Gasteiger charge is 2.12. The summed E-state index contributed by atoms with van der Waals surface area (Å²) in [4.78, 5) is 7.14. The van der Waals surface area contributed by atoms with Gasteiger partial charge >= 0.3 is 0 Å². The number of anilines is 1. The fourth-order valence-electron chi connectivity index (χ4n) is 2.34. The van der Waals surface area contributed by atoms with Gasteiger partial charge in [-0.1, -0.05) is 43.8 Å². The van der Waals surface area contributed by atoms with Gasteiger partial charge in [0.2, 0.25) is 0 Å². The van der Waals surface area contributed by atoms with Gasteiger partial charge in [-0.05, 0) is 18.6 Å². The van der Waals surface area contributed by atoms with Gasteiger partial charge in [0.25, 0.3) is 0 Å². The molecular formula is C16H21N3OS. The van der Waals surface area contributed by atoms with E-state index in [1.54, 1.807) is 0 Å². The van der Waals surface area contributed by atoms with Crippen LogP contribution in [-0.4, -0.2) is 34.8 Å². The van der Waals surface area contributed by atoms with Gasteiger partial charge in [-0.25, -0.2) is 4.98 Å². The van der Waals surface area contributed by atoms with Crippen LogP contribution in [0.15, 0.2) is 30.3 Å². The largest absolute Gasteiger partial charge is 0.395 e. The molecule has 0 unspecified atom stereocenters. The number of nitrogens with two attached hydrogens (primary N) is 1. The Morgan fingerprint density at radius 1 is 1.33 bits per heavy atom. The van der Waals surface area contributed by atoms with Crippen molar-refractivity contribution in [2.45, 2.75) is 19.8 Å². The zero-order chi connectivity index (χ0) is 15.2. The van der Waals surface area contributed by atoms with E-state index in [0.717, 1.165) is 41.7 Å². The topological polar surface area (TPSA) is 62.4 Å². The number of thiocarbonyl (C=S) groups is 1. The molecule has 0 aliphatic rings. The third-order valence-electron chi connectivity index (χ3n) is 3.44. The molecule has 0 saturated carbocycles. The van der Waals surface area contributed by atoms with Gasteiger partial charge in [-0.2, -0.15) is 0 Å². The molecule has 1 aromatic carbocycles. The molecule has 21 heavy (non-hydrogen) atoms. The smallest absolute Gasteiger partial charge is 0.130 e. The predicted octanol–water partition coefficient (Wildman–Crippen LogP) is 2.47. The summed E-state index contributed by atoms with van der Waals surface area (Å²) in [6, 6.07) is 9.76. The number of aliphatic hydroxyl groups is 1. The molecule has 0 atom stereocenters. The van der Waals surface area contributed by atoms with Crippen molar-refractivity contribution in [3.63, 3.8) is 0 Å². The Hall–Kier alpha value is -1.72. The summed E-state index contributed by atoms with van der Waals surface area (Å²) in [6.07, 6.45) is 2.15. The Morgan fingerprint density at radius 2 is 2.10 bits per heavy atom. The molecule has 0 aliphatic carbocycles. The lowest BCUT2D eigenvalue weighted by atomic mass is 10.1. The van der Waals surface area contributed by atoms with Crippen molar-refractivity contribution < 1.29 is 5.11 Å². The van der Waals surface area contributed by atoms with Gasteiger partial charge in [0.05, 0.1) is 12.1 Å². The molecule has 0 spiro atoms. The van der Waals surface area contributed by atoms with Crippen LogP contribution in [0.5, 0.6) is 0 Å². The highest BCUT2D eigenvalue weighted by Crippen LogP contribution is 2.23. The predicted molar refractivity (Wildman–Crippen MR) is 91.8 cm³/mol. The SMILES string of the molecule is CCCCN(CCO)c1cc(C(N)=S)c2ccccc2n1. The number of rotatable bonds is 7. The van der Waals surface area contributed by atoms with Crippen LogP contribution in [0.2, 0.25) is 0 Å². The summed E-state index contributed by atoms with van der Waals surface area (Å²) in [5.74, 6) is 0.819. The summed E-state index contributed by atoms with van der Waals surface area (Å²) >= 11 is 5.17. The van der Waals surface area contributed by atoms with Gasteiger partial charge in [0.15, 0.2) is 0 Å². The number of para-hydroxylation sites is 1. The molecule has 112 valence electrons. The Balaban J connectivity index is 2.49. The number of pyridine rings is 1. The Bertz CT molecular complexity index is 630. The van der Waals surface area contributed by atoms with Crippen LogP contribution in [0, 0.1) is 0 Å². The van der Waals surface area contributed by atoms with Gasteiger partial charge in [-0.3, -0.25) is 0 Å². The number of unbranched alkanes of at least 4 members (excludes halogenated alkanes) is 1. The molecule has 5 heteroatoms. The zero-order valence-corrected chi connectivity index (χ0v) is 13.1. The van der Waals surface area contributed by atoms with Crippen molar-refractivity contribution >= 4 is 33.9 Å². The van der Waals surface area contributed by atoms with Crippen molar-refractivity contribution in [3.8, 4) is 0 Å². The summed E-state index contributed by atoms with van der Waals surface area (Å²) in [5.41, 5.74) is 7.57. The molecule has 3 N–H and O–H groups in total. The number of aromatic nitrogens is 1. The highest BCUT2D eigenvalue weighted by atomic mass is 32.1. The maximum atomic E-state index is 9.27. The van der Waals surface area contributed by atoms with Gasteiger partial charge in [0, 0.05) is 24.0 Å². The molecule has 0 aliphatic heterocycles. The van der Waals surface area contributed by atoms with E-state index in [9.17, 15) is 5.11 Å². The quantitative estimate of drug-likeness (QED) is 0.769. The monoisotopic (exact) mass is 303 g/mol. The minimum atomic E-state index is 0.0978. The molecule has 0 saturated heterocycles. The molecule has 1 aromatic heterocycles. The summed E-state index contributed by atoms with van der Waals surface area (Å²) < 4.78 is 0. The van der Waals surface area contributed by atoms with Crippen molar-refractivity contribution in [2.24, 2.45) is 5.73 Å². The molecule has 2 aromatic rings. The normalized spacial score (nSPS) is 10.8. The van der Waals surface area contributed by atoms with Crippen molar-refractivity contribution in [3.05, 3.63) is 35.9 Å². The Morgan fingerprint density at radius 3 is 2.76 bits per heavy atom. The first-order valence-corrected chi connectivity index (χ1v) is 7.63. The van der Waals surface area contributed by atoms with Crippen LogP contribution in [-0.2, 0) is 0 Å². The van der Waals surface area contributed by atoms with E-state index in [2.05, 4.69) is 16.8 Å². The van der Waals surface area contributed by atoms with Crippen LogP contribution < -0.4 is 10.6 Å². The lowest BCUT2D eigenvalue weighted by Crippen LogP contribution is -2.29. The van der Waals surface area contributed by atoms with E-state index in [0.29, 0.717) is 11.5 Å². The third-order valence-corrected chi connectivity index (χ3v) is 3.66. The molecule has 0 fully saturated rings. The minimum Gasteiger partial charge on any atom is -0.395 e. The van der Waals surface area contributed by atoms with Crippen LogP contribution in [0.25, 0.3) is 10.9 Å². The zero-order valence-electron chi connectivity index (χ0n) is 12.2.